The van der Waals surface area contributed by atoms with Crippen molar-refractivity contribution in [3.63, 3.8) is 0 Å². The maximum atomic E-state index is 12.1. The summed E-state index contributed by atoms with van der Waals surface area (Å²) in [4.78, 5) is 38.6. The molecule has 6 heteroatoms. The summed E-state index contributed by atoms with van der Waals surface area (Å²) < 4.78 is 5.04. The van der Waals surface area contributed by atoms with Crippen LogP contribution in [0.3, 0.4) is 0 Å². The standard InChI is InChI=1S/C17H16ClNO4/c1-9-15(11(3)20)10(2)19-16(9)17(22)23-8-14(21)12-6-4-5-7-13(12)18/h4-7,19H,8H2,1-3H3. The average molecular weight is 334 g/mol. The van der Waals surface area contributed by atoms with Gasteiger partial charge in [-0.2, -0.15) is 0 Å². The molecule has 0 aliphatic heterocycles. The second-order valence-corrected chi connectivity index (χ2v) is 5.57. The Labute approximate surface area is 138 Å². The molecule has 5 nitrogen and oxygen atoms in total. The molecule has 1 heterocycles. The zero-order valence-electron chi connectivity index (χ0n) is 13.0. The lowest BCUT2D eigenvalue weighted by atomic mass is 10.1. The van der Waals surface area contributed by atoms with E-state index in [-0.39, 0.29) is 11.5 Å². The summed E-state index contributed by atoms with van der Waals surface area (Å²) in [5.41, 5.74) is 2.06. The third kappa shape index (κ3) is 3.51. The van der Waals surface area contributed by atoms with Gasteiger partial charge in [-0.05, 0) is 38.5 Å². The number of aromatic amines is 1. The Kier molecular flexibility index (Phi) is 5.01. The van der Waals surface area contributed by atoms with Gasteiger partial charge < -0.3 is 9.72 Å². The van der Waals surface area contributed by atoms with E-state index in [0.29, 0.717) is 27.4 Å². The second-order valence-electron chi connectivity index (χ2n) is 5.16. The van der Waals surface area contributed by atoms with Gasteiger partial charge in [0.1, 0.15) is 5.69 Å². The topological polar surface area (TPSA) is 76.2 Å². The van der Waals surface area contributed by atoms with Gasteiger partial charge in [-0.3, -0.25) is 9.59 Å². The van der Waals surface area contributed by atoms with Crippen molar-refractivity contribution >= 4 is 29.1 Å². The van der Waals surface area contributed by atoms with Crippen molar-refractivity contribution in [3.8, 4) is 0 Å². The number of rotatable bonds is 5. The molecule has 0 saturated heterocycles. The summed E-state index contributed by atoms with van der Waals surface area (Å²) >= 11 is 5.93. The molecule has 0 spiro atoms. The number of H-pyrrole nitrogens is 1. The van der Waals surface area contributed by atoms with E-state index in [1.807, 2.05) is 0 Å². The van der Waals surface area contributed by atoms with Crippen LogP contribution in [0.5, 0.6) is 0 Å². The van der Waals surface area contributed by atoms with E-state index < -0.39 is 18.4 Å². The SMILES string of the molecule is CC(=O)c1c(C)[nH]c(C(=O)OCC(=O)c2ccccc2Cl)c1C. The van der Waals surface area contributed by atoms with Gasteiger partial charge in [0.2, 0.25) is 5.78 Å². The molecule has 0 aliphatic rings. The van der Waals surface area contributed by atoms with Crippen molar-refractivity contribution < 1.29 is 19.1 Å². The van der Waals surface area contributed by atoms with Crippen LogP contribution < -0.4 is 0 Å². The van der Waals surface area contributed by atoms with Crippen LogP contribution in [-0.4, -0.2) is 29.1 Å². The normalized spacial score (nSPS) is 10.4. The fraction of sp³-hybridized carbons (Fsp3) is 0.235. The first-order valence-corrected chi connectivity index (χ1v) is 7.35. The van der Waals surface area contributed by atoms with Crippen molar-refractivity contribution in [2.45, 2.75) is 20.8 Å². The summed E-state index contributed by atoms with van der Waals surface area (Å²) in [6, 6.07) is 6.54. The number of hydrogen-bond donors (Lipinski definition) is 1. The lowest BCUT2D eigenvalue weighted by Crippen LogP contribution is -2.15. The van der Waals surface area contributed by atoms with E-state index in [1.165, 1.54) is 6.92 Å². The number of aryl methyl sites for hydroxylation is 1. The molecule has 23 heavy (non-hydrogen) atoms. The third-order valence-corrected chi connectivity index (χ3v) is 3.83. The van der Waals surface area contributed by atoms with Crippen LogP contribution >= 0.6 is 11.6 Å². The molecule has 1 aromatic carbocycles. The number of Topliss-reactive ketones (excluding diaryl/α,β-unsaturated/α-hetero) is 2. The summed E-state index contributed by atoms with van der Waals surface area (Å²) in [5, 5.41) is 0.305. The number of benzene rings is 1. The van der Waals surface area contributed by atoms with Gasteiger partial charge >= 0.3 is 5.97 Å². The van der Waals surface area contributed by atoms with Gasteiger partial charge in [0.15, 0.2) is 12.4 Å². The minimum Gasteiger partial charge on any atom is -0.453 e. The van der Waals surface area contributed by atoms with Gasteiger partial charge in [0.25, 0.3) is 0 Å². The lowest BCUT2D eigenvalue weighted by Gasteiger charge is -2.05. The number of halogens is 1. The number of esters is 1. The molecule has 0 aliphatic carbocycles. The van der Waals surface area contributed by atoms with Crippen molar-refractivity contribution in [1.29, 1.82) is 0 Å². The Balaban J connectivity index is 2.12. The Hall–Kier alpha value is -2.40. The van der Waals surface area contributed by atoms with Crippen LogP contribution in [0.15, 0.2) is 24.3 Å². The van der Waals surface area contributed by atoms with Gasteiger partial charge in [0.05, 0.1) is 5.02 Å². The van der Waals surface area contributed by atoms with Crippen molar-refractivity contribution in [1.82, 2.24) is 4.98 Å². The van der Waals surface area contributed by atoms with E-state index in [4.69, 9.17) is 16.3 Å². The van der Waals surface area contributed by atoms with E-state index in [1.54, 1.807) is 38.1 Å². The van der Waals surface area contributed by atoms with Crippen LogP contribution in [0.4, 0.5) is 0 Å². The van der Waals surface area contributed by atoms with Gasteiger partial charge in [-0.1, -0.05) is 23.7 Å². The Morgan fingerprint density at radius 3 is 2.39 bits per heavy atom. The molecule has 0 amide bonds. The highest BCUT2D eigenvalue weighted by atomic mass is 35.5. The number of carbonyl (C=O) groups excluding carboxylic acids is 3. The molecule has 0 fully saturated rings. The number of nitrogens with one attached hydrogen (secondary N) is 1. The van der Waals surface area contributed by atoms with E-state index in [0.717, 1.165) is 0 Å². The monoisotopic (exact) mass is 333 g/mol. The molecule has 2 aromatic rings. The number of aromatic nitrogens is 1. The first kappa shape index (κ1) is 17.0. The largest absolute Gasteiger partial charge is 0.453 e. The quantitative estimate of drug-likeness (QED) is 0.671. The van der Waals surface area contributed by atoms with Crippen molar-refractivity contribution in [2.75, 3.05) is 6.61 Å². The highest BCUT2D eigenvalue weighted by molar-refractivity contribution is 6.34. The molecule has 0 radical (unpaired) electrons. The fourth-order valence-corrected chi connectivity index (χ4v) is 2.69. The van der Waals surface area contributed by atoms with Crippen LogP contribution in [0, 0.1) is 13.8 Å². The number of ketones is 2. The summed E-state index contributed by atoms with van der Waals surface area (Å²) in [5.74, 6) is -1.21. The molecule has 0 unspecified atom stereocenters. The van der Waals surface area contributed by atoms with Gasteiger partial charge in [-0.25, -0.2) is 4.79 Å². The van der Waals surface area contributed by atoms with Crippen LogP contribution in [-0.2, 0) is 4.74 Å². The number of hydrogen-bond acceptors (Lipinski definition) is 4. The highest BCUT2D eigenvalue weighted by Crippen LogP contribution is 2.20. The van der Waals surface area contributed by atoms with Crippen molar-refractivity contribution in [3.05, 3.63) is 57.4 Å². The number of carbonyl (C=O) groups is 3. The predicted molar refractivity (Wildman–Crippen MR) is 86.3 cm³/mol. The summed E-state index contributed by atoms with van der Waals surface area (Å²) in [6.45, 7) is 4.37. The summed E-state index contributed by atoms with van der Waals surface area (Å²) in [6.07, 6.45) is 0. The molecule has 2 rings (SSSR count). The predicted octanol–water partition coefficient (Wildman–Crippen LogP) is 3.53. The maximum Gasteiger partial charge on any atom is 0.355 e. The smallest absolute Gasteiger partial charge is 0.355 e. The molecule has 0 saturated carbocycles. The van der Waals surface area contributed by atoms with Gasteiger partial charge in [0, 0.05) is 16.8 Å². The summed E-state index contributed by atoms with van der Waals surface area (Å²) in [7, 11) is 0. The zero-order chi connectivity index (χ0) is 17.1. The van der Waals surface area contributed by atoms with Crippen LogP contribution in [0.2, 0.25) is 5.02 Å². The molecule has 0 bridgehead atoms. The van der Waals surface area contributed by atoms with Crippen molar-refractivity contribution in [2.24, 2.45) is 0 Å². The van der Waals surface area contributed by atoms with E-state index >= 15 is 0 Å². The highest BCUT2D eigenvalue weighted by Gasteiger charge is 2.22. The molecule has 1 N–H and O–H groups in total. The van der Waals surface area contributed by atoms with Gasteiger partial charge in [-0.15, -0.1) is 0 Å². The first-order chi connectivity index (χ1) is 10.8. The number of ether oxygens (including phenoxy) is 1. The second kappa shape index (κ2) is 6.79. The first-order valence-electron chi connectivity index (χ1n) is 6.98. The maximum absolute atomic E-state index is 12.1. The molecular formula is C17H16ClNO4. The molecule has 1 aromatic heterocycles. The molecular weight excluding hydrogens is 318 g/mol. The molecule has 120 valence electrons. The zero-order valence-corrected chi connectivity index (χ0v) is 13.8. The van der Waals surface area contributed by atoms with Crippen LogP contribution in [0.1, 0.15) is 49.4 Å². The third-order valence-electron chi connectivity index (χ3n) is 3.50. The Morgan fingerprint density at radius 2 is 1.83 bits per heavy atom. The Morgan fingerprint density at radius 1 is 1.17 bits per heavy atom. The lowest BCUT2D eigenvalue weighted by molar-refractivity contribution is 0.0468. The minimum atomic E-state index is -0.682. The fourth-order valence-electron chi connectivity index (χ4n) is 2.45. The van der Waals surface area contributed by atoms with E-state index in [2.05, 4.69) is 4.98 Å². The van der Waals surface area contributed by atoms with E-state index in [9.17, 15) is 14.4 Å². The minimum absolute atomic E-state index is 0.137. The average Bonchev–Trinajstić information content (AvgIpc) is 2.80. The molecule has 0 atom stereocenters. The Bertz CT molecular complexity index is 792. The van der Waals surface area contributed by atoms with Crippen LogP contribution in [0.25, 0.3) is 0 Å².